The molecule has 1 heterocycles. The van der Waals surface area contributed by atoms with Gasteiger partial charge in [0.2, 0.25) is 0 Å². The van der Waals surface area contributed by atoms with Gasteiger partial charge in [0.1, 0.15) is 5.82 Å². The second-order valence-corrected chi connectivity index (χ2v) is 5.88. The summed E-state index contributed by atoms with van der Waals surface area (Å²) >= 11 is 0. The maximum Gasteiger partial charge on any atom is 0.261 e. The molecule has 0 aliphatic rings. The molecular weight excluding hydrogens is 286 g/mol. The van der Waals surface area contributed by atoms with Crippen LogP contribution in [0.25, 0.3) is 10.9 Å². The molecule has 0 saturated heterocycles. The third-order valence-corrected chi connectivity index (χ3v) is 4.10. The Bertz CT molecular complexity index is 884. The maximum absolute atomic E-state index is 13.0. The molecule has 3 aromatic rings. The second-order valence-electron chi connectivity index (χ2n) is 5.88. The molecule has 2 aromatic carbocycles. The van der Waals surface area contributed by atoms with Gasteiger partial charge in [-0.25, -0.2) is 4.98 Å². The lowest BCUT2D eigenvalue weighted by Gasteiger charge is -2.17. The highest BCUT2D eigenvalue weighted by Gasteiger charge is 2.16. The van der Waals surface area contributed by atoms with E-state index >= 15 is 0 Å². The van der Waals surface area contributed by atoms with Crippen LogP contribution in [0.15, 0.2) is 53.3 Å². The molecule has 4 nitrogen and oxygen atoms in total. The Morgan fingerprint density at radius 3 is 2.61 bits per heavy atom. The predicted molar refractivity (Wildman–Crippen MR) is 93.5 cm³/mol. The molecule has 0 aliphatic heterocycles. The van der Waals surface area contributed by atoms with Crippen molar-refractivity contribution < 1.29 is 0 Å². The van der Waals surface area contributed by atoms with Crippen LogP contribution >= 0.6 is 0 Å². The fourth-order valence-electron chi connectivity index (χ4n) is 2.73. The molecule has 4 heteroatoms. The Balaban J connectivity index is 2.23. The number of benzene rings is 2. The van der Waals surface area contributed by atoms with Crippen molar-refractivity contribution in [3.63, 3.8) is 0 Å². The Morgan fingerprint density at radius 2 is 1.91 bits per heavy atom. The molecule has 0 fully saturated rings. The van der Waals surface area contributed by atoms with Crippen molar-refractivity contribution in [3.8, 4) is 0 Å². The van der Waals surface area contributed by atoms with Crippen molar-refractivity contribution in [2.24, 2.45) is 5.73 Å². The highest BCUT2D eigenvalue weighted by Crippen LogP contribution is 2.17. The Hall–Kier alpha value is -2.46. The van der Waals surface area contributed by atoms with Gasteiger partial charge in [-0.2, -0.15) is 0 Å². The molecule has 0 aliphatic carbocycles. The average molecular weight is 307 g/mol. The minimum absolute atomic E-state index is 0.0299. The lowest BCUT2D eigenvalue weighted by Crippen LogP contribution is -2.30. The first-order valence-corrected chi connectivity index (χ1v) is 7.90. The van der Waals surface area contributed by atoms with E-state index in [-0.39, 0.29) is 11.6 Å². The molecule has 0 radical (unpaired) electrons. The summed E-state index contributed by atoms with van der Waals surface area (Å²) in [6.07, 6.45) is 0.735. The van der Waals surface area contributed by atoms with Gasteiger partial charge in [0.25, 0.3) is 5.56 Å². The number of hydrogen-bond donors (Lipinski definition) is 1. The lowest BCUT2D eigenvalue weighted by atomic mass is 10.1. The van der Waals surface area contributed by atoms with Gasteiger partial charge in [0.15, 0.2) is 0 Å². The zero-order chi connectivity index (χ0) is 16.4. The van der Waals surface area contributed by atoms with E-state index in [9.17, 15) is 4.79 Å². The summed E-state index contributed by atoms with van der Waals surface area (Å²) in [4.78, 5) is 17.7. The summed E-state index contributed by atoms with van der Waals surface area (Å²) in [5.41, 5.74) is 9.06. The summed E-state index contributed by atoms with van der Waals surface area (Å²) in [7, 11) is 0. The number of rotatable bonds is 4. The van der Waals surface area contributed by atoms with E-state index in [1.54, 1.807) is 4.57 Å². The lowest BCUT2D eigenvalue weighted by molar-refractivity contribution is 0.576. The van der Waals surface area contributed by atoms with Crippen LogP contribution in [0.1, 0.15) is 36.3 Å². The fraction of sp³-hybridized carbons (Fsp3) is 0.263. The number of aryl methyl sites for hydroxylation is 1. The molecule has 0 spiro atoms. The van der Waals surface area contributed by atoms with Gasteiger partial charge in [-0.05, 0) is 36.6 Å². The highest BCUT2D eigenvalue weighted by molar-refractivity contribution is 5.78. The molecule has 1 unspecified atom stereocenters. The van der Waals surface area contributed by atoms with Crippen molar-refractivity contribution in [3.05, 3.63) is 75.8 Å². The van der Waals surface area contributed by atoms with Crippen LogP contribution < -0.4 is 11.3 Å². The van der Waals surface area contributed by atoms with Gasteiger partial charge in [-0.15, -0.1) is 0 Å². The number of nitrogens with two attached hydrogens (primary N) is 1. The van der Waals surface area contributed by atoms with Crippen LogP contribution in [0.5, 0.6) is 0 Å². The molecule has 1 atom stereocenters. The molecule has 23 heavy (non-hydrogen) atoms. The van der Waals surface area contributed by atoms with Crippen molar-refractivity contribution in [2.75, 3.05) is 0 Å². The quantitative estimate of drug-likeness (QED) is 0.805. The minimum atomic E-state index is -0.253. The van der Waals surface area contributed by atoms with E-state index in [0.717, 1.165) is 23.1 Å². The largest absolute Gasteiger partial charge is 0.321 e. The van der Waals surface area contributed by atoms with Crippen LogP contribution in [0.2, 0.25) is 0 Å². The molecular formula is C19H21N3O. The van der Waals surface area contributed by atoms with Crippen molar-refractivity contribution >= 4 is 10.9 Å². The van der Waals surface area contributed by atoms with Gasteiger partial charge in [-0.3, -0.25) is 9.36 Å². The minimum Gasteiger partial charge on any atom is -0.321 e. The number of aromatic nitrogens is 2. The summed E-state index contributed by atoms with van der Waals surface area (Å²) in [5.74, 6) is 0.652. The van der Waals surface area contributed by atoms with E-state index in [1.807, 2.05) is 62.4 Å². The molecule has 1 aromatic heterocycles. The molecule has 3 rings (SSSR count). The molecule has 0 bridgehead atoms. The zero-order valence-electron chi connectivity index (χ0n) is 13.5. The van der Waals surface area contributed by atoms with E-state index in [1.165, 1.54) is 0 Å². The summed E-state index contributed by atoms with van der Waals surface area (Å²) in [6.45, 7) is 4.49. The third kappa shape index (κ3) is 3.03. The van der Waals surface area contributed by atoms with Gasteiger partial charge >= 0.3 is 0 Å². The fourth-order valence-corrected chi connectivity index (χ4v) is 2.73. The summed E-state index contributed by atoms with van der Waals surface area (Å²) in [5, 5.41) is 0.638. The third-order valence-electron chi connectivity index (χ3n) is 4.10. The first-order chi connectivity index (χ1) is 11.1. The Morgan fingerprint density at radius 1 is 1.17 bits per heavy atom. The van der Waals surface area contributed by atoms with E-state index in [4.69, 9.17) is 10.7 Å². The molecule has 118 valence electrons. The van der Waals surface area contributed by atoms with Crippen molar-refractivity contribution in [1.29, 1.82) is 0 Å². The number of nitrogens with zero attached hydrogens (tertiary/aromatic N) is 2. The van der Waals surface area contributed by atoms with Gasteiger partial charge in [0, 0.05) is 0 Å². The van der Waals surface area contributed by atoms with Crippen molar-refractivity contribution in [2.45, 2.75) is 32.9 Å². The van der Waals surface area contributed by atoms with Gasteiger partial charge in [0.05, 0.1) is 23.5 Å². The number of fused-ring (bicyclic) bond motifs is 1. The smallest absolute Gasteiger partial charge is 0.261 e. The number of hydrogen-bond acceptors (Lipinski definition) is 3. The van der Waals surface area contributed by atoms with Gasteiger partial charge in [-0.1, -0.05) is 43.3 Å². The zero-order valence-corrected chi connectivity index (χ0v) is 13.5. The normalized spacial score (nSPS) is 12.5. The van der Waals surface area contributed by atoms with Crippen LogP contribution in [0, 0.1) is 6.92 Å². The Labute approximate surface area is 135 Å². The van der Waals surface area contributed by atoms with E-state index < -0.39 is 0 Å². The first kappa shape index (κ1) is 15.4. The monoisotopic (exact) mass is 307 g/mol. The standard InChI is InChI=1S/C19H21N3O/c1-3-16(20)18-21-17-11-13(2)9-10-15(17)19(23)22(18)12-14-7-5-4-6-8-14/h4-11,16H,3,12,20H2,1-2H3. The maximum atomic E-state index is 13.0. The average Bonchev–Trinajstić information content (AvgIpc) is 2.57. The molecule has 2 N–H and O–H groups in total. The molecule has 0 amide bonds. The SMILES string of the molecule is CCC(N)c1nc2cc(C)ccc2c(=O)n1Cc1ccccc1. The summed E-state index contributed by atoms with van der Waals surface area (Å²) in [6, 6.07) is 15.4. The van der Waals surface area contributed by atoms with E-state index in [0.29, 0.717) is 17.8 Å². The van der Waals surface area contributed by atoms with Crippen molar-refractivity contribution in [1.82, 2.24) is 9.55 Å². The van der Waals surface area contributed by atoms with E-state index in [2.05, 4.69) is 0 Å². The second kappa shape index (κ2) is 6.34. The molecule has 0 saturated carbocycles. The van der Waals surface area contributed by atoms with Crippen LogP contribution in [-0.2, 0) is 6.54 Å². The predicted octanol–water partition coefficient (Wildman–Crippen LogP) is 3.16. The van der Waals surface area contributed by atoms with Crippen LogP contribution in [0.3, 0.4) is 0 Å². The Kier molecular flexibility index (Phi) is 4.26. The van der Waals surface area contributed by atoms with Crippen LogP contribution in [-0.4, -0.2) is 9.55 Å². The summed E-state index contributed by atoms with van der Waals surface area (Å²) < 4.78 is 1.71. The first-order valence-electron chi connectivity index (χ1n) is 7.90. The van der Waals surface area contributed by atoms with Gasteiger partial charge < -0.3 is 5.73 Å². The highest BCUT2D eigenvalue weighted by atomic mass is 16.1. The topological polar surface area (TPSA) is 60.9 Å². The van der Waals surface area contributed by atoms with Crippen LogP contribution in [0.4, 0.5) is 0 Å².